The van der Waals surface area contributed by atoms with Crippen LogP contribution < -0.4 is 0 Å². The van der Waals surface area contributed by atoms with Gasteiger partial charge in [0.2, 0.25) is 0 Å². The first-order valence-corrected chi connectivity index (χ1v) is 4.54. The summed E-state index contributed by atoms with van der Waals surface area (Å²) in [5, 5.41) is 9.27. The zero-order chi connectivity index (χ0) is 10.3. The van der Waals surface area contributed by atoms with Crippen molar-refractivity contribution in [3.8, 4) is 6.07 Å². The van der Waals surface area contributed by atoms with Crippen LogP contribution in [0.4, 0.5) is 0 Å². The summed E-state index contributed by atoms with van der Waals surface area (Å²) < 4.78 is 1.94. The highest BCUT2D eigenvalue weighted by Gasteiger charge is 2.08. The summed E-state index contributed by atoms with van der Waals surface area (Å²) in [6, 6.07) is 5.54. The maximum atomic E-state index is 8.81. The van der Waals surface area contributed by atoms with E-state index in [9.17, 15) is 0 Å². The number of fused-ring (bicyclic) bond motifs is 1. The first-order valence-electron chi connectivity index (χ1n) is 4.16. The van der Waals surface area contributed by atoms with E-state index in [0.29, 0.717) is 10.6 Å². The molecule has 3 nitrogen and oxygen atoms in total. The van der Waals surface area contributed by atoms with Crippen molar-refractivity contribution < 1.29 is 0 Å². The van der Waals surface area contributed by atoms with Gasteiger partial charge in [-0.15, -0.1) is 0 Å². The van der Waals surface area contributed by atoms with Gasteiger partial charge in [0, 0.05) is 7.05 Å². The number of benzene rings is 1. The van der Waals surface area contributed by atoms with Crippen LogP contribution in [0.15, 0.2) is 12.1 Å². The Hall–Kier alpha value is -1.53. The van der Waals surface area contributed by atoms with E-state index in [1.54, 1.807) is 12.1 Å². The van der Waals surface area contributed by atoms with Crippen LogP contribution in [0.1, 0.15) is 11.4 Å². The molecule has 2 aromatic rings. The molecule has 0 aliphatic rings. The average Bonchev–Trinajstić information content (AvgIpc) is 2.41. The molecule has 0 radical (unpaired) electrons. The predicted molar refractivity (Wildman–Crippen MR) is 55.2 cm³/mol. The molecule has 1 aromatic heterocycles. The van der Waals surface area contributed by atoms with E-state index in [2.05, 4.69) is 11.1 Å². The fourth-order valence-electron chi connectivity index (χ4n) is 1.42. The van der Waals surface area contributed by atoms with Gasteiger partial charge in [0.1, 0.15) is 11.9 Å². The molecule has 0 fully saturated rings. The zero-order valence-electron chi connectivity index (χ0n) is 7.87. The van der Waals surface area contributed by atoms with Crippen LogP contribution in [0.2, 0.25) is 5.02 Å². The van der Waals surface area contributed by atoms with Gasteiger partial charge in [0.05, 0.1) is 21.6 Å². The third-order valence-corrected chi connectivity index (χ3v) is 2.63. The summed E-state index contributed by atoms with van der Waals surface area (Å²) in [6.45, 7) is 1.92. The first-order chi connectivity index (χ1) is 6.63. The van der Waals surface area contributed by atoms with Crippen molar-refractivity contribution in [1.29, 1.82) is 5.26 Å². The van der Waals surface area contributed by atoms with Gasteiger partial charge in [-0.25, -0.2) is 4.98 Å². The van der Waals surface area contributed by atoms with Crippen LogP contribution in [-0.2, 0) is 7.05 Å². The van der Waals surface area contributed by atoms with Gasteiger partial charge in [-0.1, -0.05) is 11.6 Å². The first kappa shape index (κ1) is 9.04. The molecule has 0 saturated carbocycles. The van der Waals surface area contributed by atoms with Gasteiger partial charge in [-0.2, -0.15) is 5.26 Å². The van der Waals surface area contributed by atoms with E-state index in [1.807, 2.05) is 18.5 Å². The second kappa shape index (κ2) is 3.00. The molecule has 0 aliphatic heterocycles. The SMILES string of the molecule is Cc1nc2cc(Cl)c(C#N)cc2n1C. The van der Waals surface area contributed by atoms with E-state index in [0.717, 1.165) is 16.9 Å². The third-order valence-electron chi connectivity index (χ3n) is 2.31. The highest BCUT2D eigenvalue weighted by atomic mass is 35.5. The van der Waals surface area contributed by atoms with E-state index >= 15 is 0 Å². The molecule has 0 spiro atoms. The van der Waals surface area contributed by atoms with Crippen LogP contribution >= 0.6 is 11.6 Å². The molecule has 4 heteroatoms. The third kappa shape index (κ3) is 1.16. The molecule has 2 rings (SSSR count). The fraction of sp³-hybridized carbons (Fsp3) is 0.200. The zero-order valence-corrected chi connectivity index (χ0v) is 8.63. The van der Waals surface area contributed by atoms with Crippen molar-refractivity contribution in [3.05, 3.63) is 28.5 Å². The minimum atomic E-state index is 0.457. The second-order valence-corrected chi connectivity index (χ2v) is 3.56. The number of halogens is 1. The Labute approximate surface area is 86.5 Å². The highest BCUT2D eigenvalue weighted by molar-refractivity contribution is 6.32. The molecule has 0 bridgehead atoms. The number of hydrogen-bond donors (Lipinski definition) is 0. The van der Waals surface area contributed by atoms with Crippen molar-refractivity contribution in [2.45, 2.75) is 6.92 Å². The van der Waals surface area contributed by atoms with Crippen molar-refractivity contribution in [3.63, 3.8) is 0 Å². The number of aromatic nitrogens is 2. The lowest BCUT2D eigenvalue weighted by Crippen LogP contribution is -1.90. The van der Waals surface area contributed by atoms with Gasteiger partial charge in [0.15, 0.2) is 0 Å². The lowest BCUT2D eigenvalue weighted by atomic mass is 10.2. The normalized spacial score (nSPS) is 10.4. The monoisotopic (exact) mass is 205 g/mol. The number of rotatable bonds is 0. The second-order valence-electron chi connectivity index (χ2n) is 3.15. The van der Waals surface area contributed by atoms with Crippen LogP contribution in [-0.4, -0.2) is 9.55 Å². The summed E-state index contributed by atoms with van der Waals surface area (Å²) in [5.41, 5.74) is 2.25. The lowest BCUT2D eigenvalue weighted by molar-refractivity contribution is 0.886. The Morgan fingerprint density at radius 1 is 1.50 bits per heavy atom. The molecule has 0 aliphatic carbocycles. The van der Waals surface area contributed by atoms with Crippen LogP contribution in [0, 0.1) is 18.3 Å². The standard InChI is InChI=1S/C10H8ClN3/c1-6-13-9-4-8(11)7(5-12)3-10(9)14(6)2/h3-4H,1-2H3. The van der Waals surface area contributed by atoms with Crippen LogP contribution in [0.25, 0.3) is 11.0 Å². The molecule has 0 N–H and O–H groups in total. The minimum absolute atomic E-state index is 0.457. The Bertz CT molecular complexity index is 548. The lowest BCUT2D eigenvalue weighted by Gasteiger charge is -1.97. The van der Waals surface area contributed by atoms with Gasteiger partial charge >= 0.3 is 0 Å². The highest BCUT2D eigenvalue weighted by Crippen LogP contribution is 2.23. The van der Waals surface area contributed by atoms with E-state index < -0.39 is 0 Å². The predicted octanol–water partition coefficient (Wildman–Crippen LogP) is 2.41. The quantitative estimate of drug-likeness (QED) is 0.663. The number of nitrogens with zero attached hydrogens (tertiary/aromatic N) is 3. The number of nitriles is 1. The van der Waals surface area contributed by atoms with E-state index in [4.69, 9.17) is 16.9 Å². The van der Waals surface area contributed by atoms with Gasteiger partial charge in [-0.3, -0.25) is 0 Å². The Morgan fingerprint density at radius 3 is 2.86 bits per heavy atom. The summed E-state index contributed by atoms with van der Waals surface area (Å²) >= 11 is 5.89. The Balaban J connectivity index is 2.88. The molecule has 14 heavy (non-hydrogen) atoms. The molecule has 1 aromatic carbocycles. The summed E-state index contributed by atoms with van der Waals surface area (Å²) in [7, 11) is 1.92. The number of imidazole rings is 1. The van der Waals surface area contributed by atoms with Crippen LogP contribution in [0.5, 0.6) is 0 Å². The van der Waals surface area contributed by atoms with Crippen molar-refractivity contribution >= 4 is 22.6 Å². The van der Waals surface area contributed by atoms with Gasteiger partial charge < -0.3 is 4.57 Å². The summed E-state index contributed by atoms with van der Waals surface area (Å²) in [4.78, 5) is 4.32. The fourth-order valence-corrected chi connectivity index (χ4v) is 1.62. The molecule has 0 amide bonds. The van der Waals surface area contributed by atoms with Crippen molar-refractivity contribution in [2.24, 2.45) is 7.05 Å². The average molecular weight is 206 g/mol. The van der Waals surface area contributed by atoms with E-state index in [1.165, 1.54) is 0 Å². The minimum Gasteiger partial charge on any atom is -0.331 e. The number of aryl methyl sites for hydroxylation is 2. The Morgan fingerprint density at radius 2 is 2.21 bits per heavy atom. The summed E-state index contributed by atoms with van der Waals surface area (Å²) in [5.74, 6) is 0.908. The van der Waals surface area contributed by atoms with Crippen LogP contribution in [0.3, 0.4) is 0 Å². The number of hydrogen-bond acceptors (Lipinski definition) is 2. The molecule has 70 valence electrons. The molecule has 0 unspecified atom stereocenters. The largest absolute Gasteiger partial charge is 0.331 e. The van der Waals surface area contributed by atoms with Gasteiger partial charge in [-0.05, 0) is 19.1 Å². The van der Waals surface area contributed by atoms with Crippen molar-refractivity contribution in [1.82, 2.24) is 9.55 Å². The summed E-state index contributed by atoms with van der Waals surface area (Å²) in [6.07, 6.45) is 0. The maximum Gasteiger partial charge on any atom is 0.106 e. The smallest absolute Gasteiger partial charge is 0.106 e. The molecular weight excluding hydrogens is 198 g/mol. The maximum absolute atomic E-state index is 8.81. The Kier molecular flexibility index (Phi) is 1.94. The van der Waals surface area contributed by atoms with Gasteiger partial charge in [0.25, 0.3) is 0 Å². The molecule has 1 heterocycles. The van der Waals surface area contributed by atoms with Crippen molar-refractivity contribution in [2.75, 3.05) is 0 Å². The molecular formula is C10H8ClN3. The molecule has 0 saturated heterocycles. The van der Waals surface area contributed by atoms with E-state index in [-0.39, 0.29) is 0 Å². The topological polar surface area (TPSA) is 41.6 Å². The molecule has 0 atom stereocenters.